The first-order chi connectivity index (χ1) is 15.0. The van der Waals surface area contributed by atoms with Gasteiger partial charge in [0.05, 0.1) is 11.0 Å². The van der Waals surface area contributed by atoms with Gasteiger partial charge in [-0.15, -0.1) is 22.7 Å². The smallest absolute Gasteiger partial charge is 0.178 e. The summed E-state index contributed by atoms with van der Waals surface area (Å²) in [5.41, 5.74) is 1.01. The van der Waals surface area contributed by atoms with Gasteiger partial charge < -0.3 is 20.1 Å². The predicted octanol–water partition coefficient (Wildman–Crippen LogP) is 6.58. The van der Waals surface area contributed by atoms with Gasteiger partial charge in [-0.1, -0.05) is 25.1 Å². The highest BCUT2D eigenvalue weighted by molar-refractivity contribution is 7.25. The molecule has 0 amide bonds. The lowest BCUT2D eigenvalue weighted by Crippen LogP contribution is -2.19. The van der Waals surface area contributed by atoms with Crippen LogP contribution in [0.15, 0.2) is 60.7 Å². The third kappa shape index (κ3) is 2.76. The van der Waals surface area contributed by atoms with Crippen molar-refractivity contribution >= 4 is 58.7 Å². The van der Waals surface area contributed by atoms with Gasteiger partial charge in [0.2, 0.25) is 0 Å². The van der Waals surface area contributed by atoms with Crippen LogP contribution in [0.25, 0.3) is 36.0 Å². The summed E-state index contributed by atoms with van der Waals surface area (Å²) in [5.74, 6) is 1.09. The molecule has 1 aliphatic carbocycles. The number of thiophene rings is 2. The predicted molar refractivity (Wildman–Crippen MR) is 128 cm³/mol. The van der Waals surface area contributed by atoms with Crippen LogP contribution in [0.1, 0.15) is 23.3 Å². The minimum absolute atomic E-state index is 0.0605. The van der Waals surface area contributed by atoms with Gasteiger partial charge in [-0.05, 0) is 53.4 Å². The van der Waals surface area contributed by atoms with Gasteiger partial charge in [0.15, 0.2) is 11.5 Å². The van der Waals surface area contributed by atoms with Gasteiger partial charge in [-0.2, -0.15) is 0 Å². The average Bonchev–Trinajstić information content (AvgIpc) is 3.32. The fourth-order valence-corrected chi connectivity index (χ4v) is 6.76. The summed E-state index contributed by atoms with van der Waals surface area (Å²) in [7, 11) is 0. The largest absolute Gasteiger partial charge is 0.508 e. The van der Waals surface area contributed by atoms with E-state index in [0.717, 1.165) is 40.7 Å². The van der Waals surface area contributed by atoms with Crippen molar-refractivity contribution in [1.29, 1.82) is 0 Å². The topological polar surface area (TPSA) is 69.9 Å². The molecule has 2 heterocycles. The van der Waals surface area contributed by atoms with Crippen molar-refractivity contribution in [2.24, 2.45) is 0 Å². The third-order valence-electron chi connectivity index (χ3n) is 5.91. The molecule has 0 aliphatic heterocycles. The van der Waals surface area contributed by atoms with Gasteiger partial charge in [0.25, 0.3) is 0 Å². The van der Waals surface area contributed by atoms with E-state index in [4.69, 9.17) is 4.74 Å². The second kappa shape index (κ2) is 6.72. The van der Waals surface area contributed by atoms with E-state index in [2.05, 4.69) is 6.07 Å². The fourth-order valence-electron chi connectivity index (χ4n) is 4.35. The van der Waals surface area contributed by atoms with E-state index < -0.39 is 6.10 Å². The van der Waals surface area contributed by atoms with Crippen molar-refractivity contribution in [2.45, 2.75) is 18.9 Å². The summed E-state index contributed by atoms with van der Waals surface area (Å²) < 4.78 is 9.46. The highest BCUT2D eigenvalue weighted by Gasteiger charge is 2.31. The molecule has 3 N–H and O–H groups in total. The van der Waals surface area contributed by atoms with E-state index >= 15 is 0 Å². The van der Waals surface area contributed by atoms with Crippen LogP contribution in [0, 0.1) is 0 Å². The molecule has 0 spiro atoms. The molecule has 0 fully saturated rings. The number of phenols is 2. The first-order valence-electron chi connectivity index (χ1n) is 9.98. The van der Waals surface area contributed by atoms with Crippen molar-refractivity contribution in [3.05, 3.63) is 71.1 Å². The molecule has 2 aromatic heterocycles. The number of hydrogen-bond donors (Lipinski definition) is 3. The van der Waals surface area contributed by atoms with Crippen LogP contribution in [0.5, 0.6) is 17.2 Å². The Hall–Kier alpha value is -3.06. The molecule has 0 radical (unpaired) electrons. The lowest BCUT2D eigenvalue weighted by atomic mass is 9.88. The summed E-state index contributed by atoms with van der Waals surface area (Å²) in [6, 6.07) is 16.9. The maximum atomic E-state index is 10.8. The Bertz CT molecular complexity index is 1530. The van der Waals surface area contributed by atoms with Crippen LogP contribution in [0.3, 0.4) is 0 Å². The maximum Gasteiger partial charge on any atom is 0.178 e. The summed E-state index contributed by atoms with van der Waals surface area (Å²) in [6.45, 7) is 1.99. The van der Waals surface area contributed by atoms with E-state index in [1.54, 1.807) is 35.6 Å². The molecule has 2 unspecified atom stereocenters. The van der Waals surface area contributed by atoms with E-state index in [9.17, 15) is 15.3 Å². The van der Waals surface area contributed by atoms with Crippen molar-refractivity contribution < 1.29 is 20.1 Å². The van der Waals surface area contributed by atoms with Gasteiger partial charge in [0.1, 0.15) is 11.5 Å². The number of fused-ring (bicyclic) bond motifs is 6. The van der Waals surface area contributed by atoms with E-state index in [0.29, 0.717) is 11.5 Å². The number of phenolic OH excluding ortho intramolecular Hbond substituents is 2. The zero-order valence-electron chi connectivity index (χ0n) is 16.5. The minimum atomic E-state index is -0.713. The van der Waals surface area contributed by atoms with Crippen LogP contribution >= 0.6 is 22.7 Å². The molecule has 31 heavy (non-hydrogen) atoms. The van der Waals surface area contributed by atoms with Crippen molar-refractivity contribution in [2.75, 3.05) is 0 Å². The molecule has 154 valence electrons. The number of hydrogen-bond acceptors (Lipinski definition) is 6. The Morgan fingerprint density at radius 1 is 0.871 bits per heavy atom. The third-order valence-corrected chi connectivity index (χ3v) is 8.23. The van der Waals surface area contributed by atoms with Crippen LogP contribution in [-0.2, 0) is 0 Å². The van der Waals surface area contributed by atoms with Crippen LogP contribution in [-0.4, -0.2) is 21.4 Å². The number of aliphatic hydroxyl groups excluding tert-OH is 1. The van der Waals surface area contributed by atoms with Crippen molar-refractivity contribution in [3.63, 3.8) is 0 Å². The molecule has 6 heteroatoms. The standard InChI is InChI=1S/C25H18O4S2/c1-12-17(28)11-18(25-22(12)15-7-6-13(26)10-21(15)31-25)29-24-16(27)8-9-20-23(24)14-4-2-3-5-19(14)30-20/h2-12,17,26-28H,1H3. The molecule has 5 aromatic rings. The number of benzene rings is 3. The van der Waals surface area contributed by atoms with Crippen molar-refractivity contribution in [1.82, 2.24) is 0 Å². The molecular weight excluding hydrogens is 428 g/mol. The molecule has 0 saturated heterocycles. The average molecular weight is 447 g/mol. The van der Waals surface area contributed by atoms with Crippen LogP contribution in [0.2, 0.25) is 0 Å². The second-order valence-corrected chi connectivity index (χ2v) is 9.96. The molecule has 2 atom stereocenters. The monoisotopic (exact) mass is 446 g/mol. The molecule has 3 aromatic carbocycles. The normalized spacial score (nSPS) is 18.5. The minimum Gasteiger partial charge on any atom is -0.508 e. The molecular formula is C25H18O4S2. The first-order valence-corrected chi connectivity index (χ1v) is 11.6. The van der Waals surface area contributed by atoms with E-state index in [1.807, 2.05) is 37.3 Å². The highest BCUT2D eigenvalue weighted by atomic mass is 32.1. The second-order valence-electron chi connectivity index (χ2n) is 7.82. The van der Waals surface area contributed by atoms with E-state index in [-0.39, 0.29) is 17.4 Å². The Kier molecular flexibility index (Phi) is 4.05. The zero-order chi connectivity index (χ0) is 21.3. The summed E-state index contributed by atoms with van der Waals surface area (Å²) in [5, 5.41) is 34.3. The molecule has 6 rings (SSSR count). The summed E-state index contributed by atoms with van der Waals surface area (Å²) in [6.07, 6.45) is 1.00. The van der Waals surface area contributed by atoms with Crippen LogP contribution < -0.4 is 4.74 Å². The van der Waals surface area contributed by atoms with Crippen molar-refractivity contribution in [3.8, 4) is 17.2 Å². The van der Waals surface area contributed by atoms with Gasteiger partial charge in [0, 0.05) is 30.8 Å². The van der Waals surface area contributed by atoms with Gasteiger partial charge in [-0.3, -0.25) is 0 Å². The lowest BCUT2D eigenvalue weighted by Gasteiger charge is -2.25. The molecule has 1 aliphatic rings. The Labute approximate surface area is 185 Å². The SMILES string of the molecule is CC1c2c(sc3cc(O)ccc23)C(Oc2c(O)ccc3sc4ccccc4c23)=CC1O. The Balaban J connectivity index is 1.57. The van der Waals surface area contributed by atoms with Gasteiger partial charge >= 0.3 is 0 Å². The fraction of sp³-hybridized carbons (Fsp3) is 0.120. The number of aromatic hydroxyl groups is 2. The maximum absolute atomic E-state index is 10.8. The van der Waals surface area contributed by atoms with E-state index in [1.165, 1.54) is 11.3 Å². The first kappa shape index (κ1) is 18.7. The lowest BCUT2D eigenvalue weighted by molar-refractivity contribution is 0.193. The van der Waals surface area contributed by atoms with Crippen LogP contribution in [0.4, 0.5) is 0 Å². The Morgan fingerprint density at radius 2 is 1.71 bits per heavy atom. The van der Waals surface area contributed by atoms with Gasteiger partial charge in [-0.25, -0.2) is 0 Å². The number of rotatable bonds is 2. The summed E-state index contributed by atoms with van der Waals surface area (Å²) in [4.78, 5) is 0.911. The molecule has 4 nitrogen and oxygen atoms in total. The quantitative estimate of drug-likeness (QED) is 0.286. The number of aliphatic hydroxyl groups is 1. The molecule has 0 saturated carbocycles. The number of ether oxygens (including phenoxy) is 1. The Morgan fingerprint density at radius 3 is 2.58 bits per heavy atom. The highest BCUT2D eigenvalue weighted by Crippen LogP contribution is 2.49. The summed E-state index contributed by atoms with van der Waals surface area (Å²) >= 11 is 3.17. The zero-order valence-corrected chi connectivity index (χ0v) is 18.1. The molecule has 0 bridgehead atoms.